The highest BCUT2D eigenvalue weighted by atomic mass is 16.3. The summed E-state index contributed by atoms with van der Waals surface area (Å²) >= 11 is 0. The molecule has 0 N–H and O–H groups in total. The Morgan fingerprint density at radius 3 is 1.24 bits per heavy atom. The lowest BCUT2D eigenvalue weighted by Gasteiger charge is -2.06. The lowest BCUT2D eigenvalue weighted by molar-refractivity contribution is -0.660. The minimum absolute atomic E-state index is 0.397. The van der Waals surface area contributed by atoms with E-state index in [9.17, 15) is 0 Å². The quantitative estimate of drug-likeness (QED) is 0.138. The third-order valence-corrected chi connectivity index (χ3v) is 19.3. The van der Waals surface area contributed by atoms with Crippen LogP contribution in [0.4, 0.5) is 0 Å². The molecule has 0 radical (unpaired) electrons. The van der Waals surface area contributed by atoms with Crippen LogP contribution in [0.25, 0.3) is 133 Å². The SMILES string of the molecule is Cc1cc[n+](C)c(-c2c(C)ccc3c2oc2ccc(C(C)C)nc23)c1.Cc1cc[n+](C)c(-c2c(C)cnc3c2oc2c(C(C)C)cccc23)c1.Cc1cc[n+](C)c(-c2c(C)ncc3c2oc2c(C(C)C)cccc23)c1.Cc1ccc2c(oc3ccc(C(C)C)nc32)c1-c1cccc[n+]1C. The molecule has 12 nitrogen and oxygen atoms in total. The van der Waals surface area contributed by atoms with Crippen molar-refractivity contribution in [3.05, 3.63) is 238 Å². The van der Waals surface area contributed by atoms with Crippen LogP contribution in [0.1, 0.15) is 141 Å². The molecule has 0 fully saturated rings. The fraction of sp³-hybridized carbons (Fsp3) is 0.264. The van der Waals surface area contributed by atoms with E-state index in [0.29, 0.717) is 23.7 Å². The van der Waals surface area contributed by atoms with Gasteiger partial charge in [-0.05, 0) is 165 Å². The zero-order chi connectivity index (χ0) is 70.0. The summed E-state index contributed by atoms with van der Waals surface area (Å²) in [7, 11) is 8.27. The summed E-state index contributed by atoms with van der Waals surface area (Å²) in [5, 5.41) is 5.49. The molecule has 0 bridgehead atoms. The molecule has 16 aromatic rings. The average Bonchev–Trinajstić information content (AvgIpc) is 1.62. The third kappa shape index (κ3) is 12.5. The van der Waals surface area contributed by atoms with Gasteiger partial charge in [0, 0.05) is 99.2 Å². The van der Waals surface area contributed by atoms with E-state index >= 15 is 0 Å². The Morgan fingerprint density at radius 2 is 0.747 bits per heavy atom. The van der Waals surface area contributed by atoms with Gasteiger partial charge in [0.2, 0.25) is 22.8 Å². The van der Waals surface area contributed by atoms with Crippen LogP contribution in [0.5, 0.6) is 0 Å². The molecule has 16 rings (SSSR count). The normalized spacial score (nSPS) is 11.7. The van der Waals surface area contributed by atoms with E-state index in [-0.39, 0.29) is 0 Å². The standard InChI is InChI=1S/3C22H23N2O.C21H21N2O/c1-13(2)17-8-9-19-21(23-17)16-7-6-15(4)20(22(16)25-19)18-12-14(3)10-11-24(18)5;1-13(2)16-7-6-8-17-18-12-23-15(4)20(22(18)25-21(16)17)19-11-14(3)9-10-24(19)5;1-13(2)16-7-6-8-17-20-22(25-21(16)17)19(15(4)12-23-20)18-11-14(3)9-10-24(18)5;1-13(2)16-10-11-18-20(22-16)15-9-8-14(3)19(21(15)24-18)17-7-5-6-12-23(17)4/h3*6-13H,1-5H3;5-13H,1-4H3/q4*+1. The topological polar surface area (TPSA) is 120 Å². The van der Waals surface area contributed by atoms with E-state index in [4.69, 9.17) is 32.6 Å². The number of rotatable bonds is 8. The van der Waals surface area contributed by atoms with Crippen LogP contribution in [0.3, 0.4) is 0 Å². The summed E-state index contributed by atoms with van der Waals surface area (Å²) in [6.45, 7) is 32.2. The van der Waals surface area contributed by atoms with E-state index in [1.54, 1.807) is 0 Å². The number of fused-ring (bicyclic) bond motifs is 12. The van der Waals surface area contributed by atoms with Crippen molar-refractivity contribution in [2.24, 2.45) is 28.2 Å². The third-order valence-electron chi connectivity index (χ3n) is 19.3. The average molecular weight is 1310 g/mol. The summed E-state index contributed by atoms with van der Waals surface area (Å²) < 4.78 is 33.9. The van der Waals surface area contributed by atoms with Crippen LogP contribution in [-0.4, -0.2) is 19.9 Å². The van der Waals surface area contributed by atoms with Gasteiger partial charge in [-0.15, -0.1) is 0 Å². The number of furan rings is 4. The second kappa shape index (κ2) is 26.9. The van der Waals surface area contributed by atoms with Crippen molar-refractivity contribution in [3.63, 3.8) is 0 Å². The van der Waals surface area contributed by atoms with Gasteiger partial charge in [0.05, 0.1) is 22.4 Å². The van der Waals surface area contributed by atoms with Crippen LogP contribution in [0.15, 0.2) is 194 Å². The van der Waals surface area contributed by atoms with Gasteiger partial charge < -0.3 is 17.7 Å². The lowest BCUT2D eigenvalue weighted by atomic mass is 10.00. The van der Waals surface area contributed by atoms with Crippen LogP contribution < -0.4 is 18.3 Å². The summed E-state index contributed by atoms with van der Waals surface area (Å²) in [5.74, 6) is 1.62. The molecule has 0 saturated heterocycles. The number of aromatic nitrogens is 8. The molecule has 12 heteroatoms. The Kier molecular flexibility index (Phi) is 18.2. The largest absolute Gasteiger partial charge is 0.455 e. The van der Waals surface area contributed by atoms with Crippen molar-refractivity contribution >= 4 is 88.1 Å². The molecule has 498 valence electrons. The van der Waals surface area contributed by atoms with Crippen molar-refractivity contribution in [1.29, 1.82) is 0 Å². The summed E-state index contributed by atoms with van der Waals surface area (Å²) in [4.78, 5) is 19.1. The van der Waals surface area contributed by atoms with Gasteiger partial charge in [-0.2, -0.15) is 0 Å². The summed E-state index contributed by atoms with van der Waals surface area (Å²) in [6.07, 6.45) is 12.2. The first-order valence-electron chi connectivity index (χ1n) is 34.6. The molecule has 0 aliphatic rings. The first kappa shape index (κ1) is 66.9. The molecule has 0 aliphatic carbocycles. The first-order chi connectivity index (χ1) is 47.4. The summed E-state index contributed by atoms with van der Waals surface area (Å²) in [6, 6.07) is 48.7. The molecule has 0 spiro atoms. The molecular formula is C87H90N8O4+4. The van der Waals surface area contributed by atoms with Crippen molar-refractivity contribution in [3.8, 4) is 45.0 Å². The maximum absolute atomic E-state index is 6.45. The van der Waals surface area contributed by atoms with Gasteiger partial charge in [-0.25, -0.2) is 28.2 Å². The predicted octanol–water partition coefficient (Wildman–Crippen LogP) is 20.5. The maximum Gasteiger partial charge on any atom is 0.218 e. The molecule has 99 heavy (non-hydrogen) atoms. The van der Waals surface area contributed by atoms with Crippen LogP contribution >= 0.6 is 0 Å². The van der Waals surface area contributed by atoms with Crippen molar-refractivity contribution in [2.45, 2.75) is 128 Å². The number of hydrogen-bond donors (Lipinski definition) is 0. The minimum atomic E-state index is 0.397. The van der Waals surface area contributed by atoms with Gasteiger partial charge in [-0.1, -0.05) is 97.9 Å². The van der Waals surface area contributed by atoms with Crippen LogP contribution in [-0.2, 0) is 28.2 Å². The number of pyridine rings is 8. The number of benzene rings is 4. The highest BCUT2D eigenvalue weighted by molar-refractivity contribution is 6.12. The zero-order valence-corrected chi connectivity index (χ0v) is 60.8. The van der Waals surface area contributed by atoms with E-state index in [1.165, 1.54) is 38.9 Å². The van der Waals surface area contributed by atoms with E-state index in [1.807, 2.05) is 37.5 Å². The Hall–Kier alpha value is -10.7. The molecule has 0 amide bonds. The fourth-order valence-corrected chi connectivity index (χ4v) is 13.7. The van der Waals surface area contributed by atoms with Crippen molar-refractivity contribution < 1.29 is 35.9 Å². The Bertz CT molecular complexity index is 5610. The second-order valence-corrected chi connectivity index (χ2v) is 28.2. The van der Waals surface area contributed by atoms with Gasteiger partial charge in [0.1, 0.15) is 61.5 Å². The maximum atomic E-state index is 6.45. The van der Waals surface area contributed by atoms with Crippen molar-refractivity contribution in [2.75, 3.05) is 0 Å². The fourth-order valence-electron chi connectivity index (χ4n) is 13.7. The molecule has 0 atom stereocenters. The van der Waals surface area contributed by atoms with E-state index < -0.39 is 0 Å². The van der Waals surface area contributed by atoms with E-state index in [0.717, 1.165) is 156 Å². The number of aryl methyl sites for hydroxylation is 11. The van der Waals surface area contributed by atoms with Crippen molar-refractivity contribution in [1.82, 2.24) is 19.9 Å². The number of hydrogen-bond acceptors (Lipinski definition) is 8. The highest BCUT2D eigenvalue weighted by Crippen LogP contribution is 2.43. The van der Waals surface area contributed by atoms with E-state index in [2.05, 4.69) is 294 Å². The summed E-state index contributed by atoms with van der Waals surface area (Å²) in [5.41, 5.74) is 32.1. The highest BCUT2D eigenvalue weighted by Gasteiger charge is 2.27. The zero-order valence-electron chi connectivity index (χ0n) is 60.8. The predicted molar refractivity (Wildman–Crippen MR) is 402 cm³/mol. The minimum Gasteiger partial charge on any atom is -0.455 e. The molecule has 4 aromatic carbocycles. The molecule has 0 saturated carbocycles. The number of nitrogens with zero attached hydrogens (tertiary/aromatic N) is 8. The van der Waals surface area contributed by atoms with Gasteiger partial charge in [0.25, 0.3) is 0 Å². The molecule has 12 aromatic heterocycles. The molecule has 12 heterocycles. The Morgan fingerprint density at radius 1 is 0.313 bits per heavy atom. The second-order valence-electron chi connectivity index (χ2n) is 28.2. The van der Waals surface area contributed by atoms with Gasteiger partial charge >= 0.3 is 0 Å². The first-order valence-corrected chi connectivity index (χ1v) is 34.6. The monoisotopic (exact) mass is 1310 g/mol. The smallest absolute Gasteiger partial charge is 0.218 e. The van der Waals surface area contributed by atoms with Crippen LogP contribution in [0.2, 0.25) is 0 Å². The molecule has 0 unspecified atom stereocenters. The molecule has 0 aliphatic heterocycles. The molecular weight excluding hydrogens is 1220 g/mol. The number of para-hydroxylation sites is 2. The lowest BCUT2D eigenvalue weighted by Crippen LogP contribution is -2.30. The van der Waals surface area contributed by atoms with Gasteiger partial charge in [-0.3, -0.25) is 9.97 Å². The van der Waals surface area contributed by atoms with Crippen LogP contribution in [0, 0.1) is 48.5 Å². The Labute approximate surface area is 579 Å². The Balaban J connectivity index is 0.000000119. The van der Waals surface area contributed by atoms with Gasteiger partial charge in [0.15, 0.2) is 58.3 Å².